The van der Waals surface area contributed by atoms with Crippen molar-refractivity contribution >= 4 is 5.97 Å². The number of carboxylic acids is 1. The number of rotatable bonds is 11. The summed E-state index contributed by atoms with van der Waals surface area (Å²) < 4.78 is 0. The van der Waals surface area contributed by atoms with E-state index in [1.807, 2.05) is 0 Å². The highest BCUT2D eigenvalue weighted by Crippen LogP contribution is 2.12. The van der Waals surface area contributed by atoms with Crippen LogP contribution < -0.4 is 0 Å². The van der Waals surface area contributed by atoms with E-state index in [4.69, 9.17) is 10.2 Å². The zero-order valence-electron chi connectivity index (χ0n) is 10.8. The molecule has 0 amide bonds. The first kappa shape index (κ1) is 16.4. The van der Waals surface area contributed by atoms with Gasteiger partial charge in [-0.1, -0.05) is 51.9 Å². The molecule has 17 heavy (non-hydrogen) atoms. The Bertz CT molecular complexity index is 194. The Morgan fingerprint density at radius 2 is 1.53 bits per heavy atom. The molecule has 0 aromatic heterocycles. The van der Waals surface area contributed by atoms with Gasteiger partial charge in [-0.15, -0.1) is 0 Å². The van der Waals surface area contributed by atoms with Gasteiger partial charge < -0.3 is 15.3 Å². The summed E-state index contributed by atoms with van der Waals surface area (Å²) in [4.78, 5) is 10.4. The fourth-order valence-corrected chi connectivity index (χ4v) is 1.81. The number of carboxylic acid groups (broad SMARTS) is 1. The molecule has 0 spiro atoms. The molecule has 0 aliphatic heterocycles. The van der Waals surface area contributed by atoms with E-state index in [0.29, 0.717) is 6.42 Å². The van der Waals surface area contributed by atoms with Gasteiger partial charge >= 0.3 is 5.97 Å². The summed E-state index contributed by atoms with van der Waals surface area (Å²) in [5, 5.41) is 27.0. The average Bonchev–Trinajstić information content (AvgIpc) is 2.27. The highest BCUT2D eigenvalue weighted by atomic mass is 16.4. The molecule has 0 rings (SSSR count). The van der Waals surface area contributed by atoms with Gasteiger partial charge in [0.05, 0.1) is 6.10 Å². The van der Waals surface area contributed by atoms with Crippen LogP contribution in [0.4, 0.5) is 0 Å². The molecule has 4 heteroatoms. The molecule has 0 aliphatic carbocycles. The Balaban J connectivity index is 3.33. The van der Waals surface area contributed by atoms with Crippen LogP contribution >= 0.6 is 0 Å². The maximum atomic E-state index is 10.4. The van der Waals surface area contributed by atoms with Crippen LogP contribution in [0.2, 0.25) is 0 Å². The average molecular weight is 246 g/mol. The quantitative estimate of drug-likeness (QED) is 0.489. The smallest absolute Gasteiger partial charge is 0.332 e. The number of aliphatic carboxylic acids is 1. The summed E-state index contributed by atoms with van der Waals surface area (Å²) >= 11 is 0. The van der Waals surface area contributed by atoms with Crippen molar-refractivity contribution in [1.82, 2.24) is 0 Å². The van der Waals surface area contributed by atoms with E-state index >= 15 is 0 Å². The second-order valence-corrected chi connectivity index (χ2v) is 4.65. The Morgan fingerprint density at radius 3 is 2.06 bits per heavy atom. The van der Waals surface area contributed by atoms with E-state index in [9.17, 15) is 9.90 Å². The summed E-state index contributed by atoms with van der Waals surface area (Å²) in [7, 11) is 0. The van der Waals surface area contributed by atoms with Crippen molar-refractivity contribution in [3.05, 3.63) is 0 Å². The third-order valence-corrected chi connectivity index (χ3v) is 2.92. The fourth-order valence-electron chi connectivity index (χ4n) is 1.81. The Hall–Kier alpha value is -0.610. The van der Waals surface area contributed by atoms with Gasteiger partial charge in [-0.3, -0.25) is 0 Å². The second kappa shape index (κ2) is 10.5. The van der Waals surface area contributed by atoms with Gasteiger partial charge in [-0.05, 0) is 6.42 Å². The fraction of sp³-hybridized carbons (Fsp3) is 0.923. The van der Waals surface area contributed by atoms with Crippen molar-refractivity contribution in [1.29, 1.82) is 0 Å². The molecule has 0 bridgehead atoms. The number of carbonyl (C=O) groups is 1. The number of aliphatic hydroxyl groups is 2. The molecule has 3 N–H and O–H groups in total. The maximum absolute atomic E-state index is 10.4. The summed E-state index contributed by atoms with van der Waals surface area (Å²) in [5.41, 5.74) is 0. The van der Waals surface area contributed by atoms with Crippen LogP contribution in [0, 0.1) is 0 Å². The zero-order valence-corrected chi connectivity index (χ0v) is 10.8. The van der Waals surface area contributed by atoms with Gasteiger partial charge in [0.25, 0.3) is 0 Å². The lowest BCUT2D eigenvalue weighted by Crippen LogP contribution is -2.25. The van der Waals surface area contributed by atoms with Crippen LogP contribution in [0.1, 0.15) is 64.7 Å². The molecular formula is C13H26O4. The van der Waals surface area contributed by atoms with E-state index in [1.54, 1.807) is 0 Å². The lowest BCUT2D eigenvalue weighted by Gasteiger charge is -2.12. The van der Waals surface area contributed by atoms with Crippen molar-refractivity contribution in [2.24, 2.45) is 0 Å². The number of hydrogen-bond donors (Lipinski definition) is 3. The largest absolute Gasteiger partial charge is 0.479 e. The van der Waals surface area contributed by atoms with Gasteiger partial charge in [-0.25, -0.2) is 4.79 Å². The van der Waals surface area contributed by atoms with Gasteiger partial charge in [0.1, 0.15) is 0 Å². The first-order chi connectivity index (χ1) is 8.07. The molecule has 0 aliphatic rings. The first-order valence-electron chi connectivity index (χ1n) is 6.66. The van der Waals surface area contributed by atoms with Crippen molar-refractivity contribution in [3.8, 4) is 0 Å². The molecule has 2 unspecified atom stereocenters. The topological polar surface area (TPSA) is 77.8 Å². The molecule has 0 saturated carbocycles. The third-order valence-electron chi connectivity index (χ3n) is 2.92. The predicted octanol–water partition coefficient (Wildman–Crippen LogP) is 2.32. The third kappa shape index (κ3) is 10.3. The van der Waals surface area contributed by atoms with E-state index in [1.165, 1.54) is 32.1 Å². The molecule has 102 valence electrons. The number of aliphatic hydroxyl groups excluding tert-OH is 2. The Labute approximate surface area is 104 Å². The van der Waals surface area contributed by atoms with Crippen molar-refractivity contribution in [3.63, 3.8) is 0 Å². The van der Waals surface area contributed by atoms with Gasteiger partial charge in [0, 0.05) is 6.42 Å². The molecule has 2 atom stereocenters. The Kier molecular flexibility index (Phi) is 10.2. The summed E-state index contributed by atoms with van der Waals surface area (Å²) in [6.07, 6.45) is 6.57. The van der Waals surface area contributed by atoms with Crippen molar-refractivity contribution < 1.29 is 20.1 Å². The van der Waals surface area contributed by atoms with Crippen LogP contribution in [0.15, 0.2) is 0 Å². The zero-order chi connectivity index (χ0) is 13.1. The number of unbranched alkanes of at least 4 members (excludes halogenated alkanes) is 6. The van der Waals surface area contributed by atoms with Crippen molar-refractivity contribution in [2.75, 3.05) is 0 Å². The highest BCUT2D eigenvalue weighted by molar-refractivity contribution is 5.71. The van der Waals surface area contributed by atoms with Crippen LogP contribution in [0.25, 0.3) is 0 Å². The standard InChI is InChI=1S/C13H26O4/c1-2-3-4-5-6-7-8-9-11(14)10-12(15)13(16)17/h11-12,14-15H,2-10H2,1H3,(H,16,17). The van der Waals surface area contributed by atoms with Crippen LogP contribution in [0.5, 0.6) is 0 Å². The van der Waals surface area contributed by atoms with E-state index in [2.05, 4.69) is 6.92 Å². The lowest BCUT2D eigenvalue weighted by atomic mass is 10.0. The summed E-state index contributed by atoms with van der Waals surface area (Å²) in [6, 6.07) is 0. The molecular weight excluding hydrogens is 220 g/mol. The van der Waals surface area contributed by atoms with Gasteiger partial charge in [-0.2, -0.15) is 0 Å². The summed E-state index contributed by atoms with van der Waals surface area (Å²) in [5.74, 6) is -1.26. The monoisotopic (exact) mass is 246 g/mol. The van der Waals surface area contributed by atoms with Crippen LogP contribution in [-0.4, -0.2) is 33.5 Å². The van der Waals surface area contributed by atoms with Gasteiger partial charge in [0.2, 0.25) is 0 Å². The first-order valence-corrected chi connectivity index (χ1v) is 6.66. The predicted molar refractivity (Wildman–Crippen MR) is 66.9 cm³/mol. The minimum absolute atomic E-state index is 0.0643. The summed E-state index contributed by atoms with van der Waals surface area (Å²) in [6.45, 7) is 2.18. The second-order valence-electron chi connectivity index (χ2n) is 4.65. The minimum atomic E-state index is -1.44. The Morgan fingerprint density at radius 1 is 1.00 bits per heavy atom. The normalized spacial score (nSPS) is 14.5. The minimum Gasteiger partial charge on any atom is -0.479 e. The SMILES string of the molecule is CCCCCCCCCC(O)CC(O)C(=O)O. The molecule has 0 saturated heterocycles. The lowest BCUT2D eigenvalue weighted by molar-refractivity contribution is -0.148. The number of hydrogen-bond acceptors (Lipinski definition) is 3. The molecule has 0 fully saturated rings. The van der Waals surface area contributed by atoms with Gasteiger partial charge in [0.15, 0.2) is 6.10 Å². The maximum Gasteiger partial charge on any atom is 0.332 e. The van der Waals surface area contributed by atoms with Crippen LogP contribution in [-0.2, 0) is 4.79 Å². The van der Waals surface area contributed by atoms with Crippen molar-refractivity contribution in [2.45, 2.75) is 76.9 Å². The molecule has 0 radical (unpaired) electrons. The molecule has 0 aromatic carbocycles. The molecule has 0 heterocycles. The van der Waals surface area contributed by atoms with Crippen LogP contribution in [0.3, 0.4) is 0 Å². The molecule has 4 nitrogen and oxygen atoms in total. The van der Waals surface area contributed by atoms with E-state index < -0.39 is 18.2 Å². The van der Waals surface area contributed by atoms with E-state index in [-0.39, 0.29) is 6.42 Å². The molecule has 0 aromatic rings. The highest BCUT2D eigenvalue weighted by Gasteiger charge is 2.17. The van der Waals surface area contributed by atoms with E-state index in [0.717, 1.165) is 12.8 Å².